The molecule has 1 heterocycles. The Hall–Kier alpha value is -0.120. The van der Waals surface area contributed by atoms with Gasteiger partial charge in [0.25, 0.3) is 0 Å². The van der Waals surface area contributed by atoms with Crippen LogP contribution in [0.1, 0.15) is 25.7 Å². The van der Waals surface area contributed by atoms with Gasteiger partial charge in [0.05, 0.1) is 6.10 Å². The van der Waals surface area contributed by atoms with Gasteiger partial charge in [-0.05, 0) is 38.1 Å². The van der Waals surface area contributed by atoms with Crippen LogP contribution in [0.5, 0.6) is 0 Å². The molecule has 0 atom stereocenters. The highest BCUT2D eigenvalue weighted by Crippen LogP contribution is 2.29. The van der Waals surface area contributed by atoms with Crippen molar-refractivity contribution in [3.05, 3.63) is 0 Å². The van der Waals surface area contributed by atoms with Gasteiger partial charge in [-0.25, -0.2) is 0 Å². The first kappa shape index (κ1) is 9.44. The molecule has 3 heteroatoms. The third kappa shape index (κ3) is 2.03. The predicted molar refractivity (Wildman–Crippen MR) is 52.4 cm³/mol. The van der Waals surface area contributed by atoms with E-state index in [0.29, 0.717) is 0 Å². The lowest BCUT2D eigenvalue weighted by atomic mass is 9.84. The maximum Gasteiger partial charge on any atom is 0.0794 e. The number of aliphatic hydroxyl groups excluding tert-OH is 1. The summed E-state index contributed by atoms with van der Waals surface area (Å²) in [6.45, 7) is 2.66. The zero-order valence-corrected chi connectivity index (χ0v) is 8.15. The maximum absolute atomic E-state index is 9.19. The number of β-amino-alcohol motifs (C(OH)–C–C–N with tert-alkyl or cyclic N) is 1. The van der Waals surface area contributed by atoms with Crippen LogP contribution in [0, 0.1) is 5.92 Å². The topological polar surface area (TPSA) is 49.5 Å². The molecular weight excluding hydrogens is 164 g/mol. The molecule has 0 aromatic heterocycles. The van der Waals surface area contributed by atoms with E-state index >= 15 is 0 Å². The summed E-state index contributed by atoms with van der Waals surface area (Å²) in [6.07, 6.45) is 5.09. The lowest BCUT2D eigenvalue weighted by molar-refractivity contribution is -0.0362. The molecule has 1 aliphatic carbocycles. The third-order valence-corrected chi connectivity index (χ3v) is 3.56. The van der Waals surface area contributed by atoms with Gasteiger partial charge >= 0.3 is 0 Å². The summed E-state index contributed by atoms with van der Waals surface area (Å²) in [5, 5.41) is 9.19. The second-order valence-electron chi connectivity index (χ2n) is 4.52. The molecule has 76 valence electrons. The van der Waals surface area contributed by atoms with Crippen LogP contribution >= 0.6 is 0 Å². The van der Waals surface area contributed by atoms with Crippen LogP contribution < -0.4 is 5.73 Å². The van der Waals surface area contributed by atoms with E-state index in [0.717, 1.165) is 31.6 Å². The molecule has 3 N–H and O–H groups in total. The summed E-state index contributed by atoms with van der Waals surface area (Å²) in [6, 6.07) is 0.742. The molecule has 1 aliphatic heterocycles. The molecule has 1 saturated carbocycles. The second-order valence-corrected chi connectivity index (χ2v) is 4.52. The monoisotopic (exact) mass is 184 g/mol. The van der Waals surface area contributed by atoms with Crippen molar-refractivity contribution in [1.29, 1.82) is 0 Å². The highest BCUT2D eigenvalue weighted by molar-refractivity contribution is 4.88. The number of rotatable bonds is 2. The highest BCUT2D eigenvalue weighted by Gasteiger charge is 2.32. The molecule has 0 aromatic rings. The van der Waals surface area contributed by atoms with Crippen LogP contribution in [0.2, 0.25) is 0 Å². The van der Waals surface area contributed by atoms with Crippen LogP contribution in [-0.2, 0) is 0 Å². The van der Waals surface area contributed by atoms with E-state index in [1.54, 1.807) is 0 Å². The van der Waals surface area contributed by atoms with E-state index in [9.17, 15) is 5.11 Å². The quantitative estimate of drug-likeness (QED) is 0.643. The Balaban J connectivity index is 1.72. The first-order chi connectivity index (χ1) is 6.29. The number of likely N-dealkylation sites (tertiary alicyclic amines) is 1. The Morgan fingerprint density at radius 2 is 1.77 bits per heavy atom. The molecular formula is C10H20N2O. The van der Waals surface area contributed by atoms with Crippen molar-refractivity contribution in [2.75, 3.05) is 19.6 Å². The fourth-order valence-electron chi connectivity index (χ4n) is 2.53. The first-order valence-electron chi connectivity index (χ1n) is 5.41. The molecule has 2 aliphatic rings. The Morgan fingerprint density at radius 1 is 1.15 bits per heavy atom. The Labute approximate surface area is 79.9 Å². The van der Waals surface area contributed by atoms with Gasteiger partial charge in [-0.15, -0.1) is 0 Å². The minimum Gasteiger partial charge on any atom is -0.390 e. The second kappa shape index (κ2) is 3.95. The summed E-state index contributed by atoms with van der Waals surface area (Å²) >= 11 is 0. The van der Waals surface area contributed by atoms with Crippen molar-refractivity contribution < 1.29 is 5.11 Å². The molecule has 0 bridgehead atoms. The molecule has 2 fully saturated rings. The van der Waals surface area contributed by atoms with Crippen molar-refractivity contribution in [1.82, 2.24) is 4.90 Å². The smallest absolute Gasteiger partial charge is 0.0794 e. The van der Waals surface area contributed by atoms with Crippen molar-refractivity contribution in [3.8, 4) is 0 Å². The van der Waals surface area contributed by atoms with Crippen LogP contribution in [0.15, 0.2) is 0 Å². The molecule has 13 heavy (non-hydrogen) atoms. The van der Waals surface area contributed by atoms with E-state index in [2.05, 4.69) is 4.90 Å². The Bertz CT molecular complexity index is 160. The third-order valence-electron chi connectivity index (χ3n) is 3.56. The zero-order chi connectivity index (χ0) is 9.26. The van der Waals surface area contributed by atoms with Crippen molar-refractivity contribution in [2.24, 2.45) is 11.7 Å². The fourth-order valence-corrected chi connectivity index (χ4v) is 2.53. The van der Waals surface area contributed by atoms with Crippen LogP contribution in [0.4, 0.5) is 0 Å². The number of hydrogen-bond acceptors (Lipinski definition) is 3. The Kier molecular flexibility index (Phi) is 2.86. The van der Waals surface area contributed by atoms with Gasteiger partial charge in [0.15, 0.2) is 0 Å². The average Bonchev–Trinajstić information content (AvgIpc) is 2.13. The van der Waals surface area contributed by atoms with Crippen LogP contribution in [0.25, 0.3) is 0 Å². The van der Waals surface area contributed by atoms with Crippen molar-refractivity contribution >= 4 is 0 Å². The molecule has 0 amide bonds. The summed E-state index contributed by atoms with van der Waals surface area (Å²) in [4.78, 5) is 2.41. The number of aliphatic hydroxyl groups is 1. The number of nitrogens with zero attached hydrogens (tertiary/aromatic N) is 1. The Morgan fingerprint density at radius 3 is 2.23 bits per heavy atom. The van der Waals surface area contributed by atoms with Gasteiger partial charge < -0.3 is 10.8 Å². The molecule has 3 nitrogen and oxygen atoms in total. The van der Waals surface area contributed by atoms with E-state index in [4.69, 9.17) is 5.73 Å². The molecule has 0 radical (unpaired) electrons. The van der Waals surface area contributed by atoms with Gasteiger partial charge in [0.1, 0.15) is 0 Å². The molecule has 0 unspecified atom stereocenters. The molecule has 1 saturated heterocycles. The first-order valence-corrected chi connectivity index (χ1v) is 5.41. The fraction of sp³-hybridized carbons (Fsp3) is 1.00. The minimum absolute atomic E-state index is 0.0489. The van der Waals surface area contributed by atoms with Gasteiger partial charge in [0.2, 0.25) is 0 Å². The maximum atomic E-state index is 9.19. The zero-order valence-electron chi connectivity index (χ0n) is 8.15. The summed E-state index contributed by atoms with van der Waals surface area (Å²) in [7, 11) is 0. The number of hydrogen-bond donors (Lipinski definition) is 2. The van der Waals surface area contributed by atoms with E-state index in [-0.39, 0.29) is 6.10 Å². The van der Waals surface area contributed by atoms with Crippen LogP contribution in [0.3, 0.4) is 0 Å². The van der Waals surface area contributed by atoms with Gasteiger partial charge in [-0.2, -0.15) is 0 Å². The SMILES string of the molecule is NCC1CCC(N2CC(O)C2)CC1. The van der Waals surface area contributed by atoms with Gasteiger partial charge in [-0.3, -0.25) is 4.90 Å². The van der Waals surface area contributed by atoms with Gasteiger partial charge in [-0.1, -0.05) is 0 Å². The molecule has 2 rings (SSSR count). The summed E-state index contributed by atoms with van der Waals surface area (Å²) in [5.74, 6) is 0.766. The van der Waals surface area contributed by atoms with Crippen LogP contribution in [-0.4, -0.2) is 41.8 Å². The average molecular weight is 184 g/mol. The summed E-state index contributed by atoms with van der Waals surface area (Å²) in [5.41, 5.74) is 5.64. The normalized spacial score (nSPS) is 37.4. The lowest BCUT2D eigenvalue weighted by Gasteiger charge is -2.44. The molecule has 0 aromatic carbocycles. The highest BCUT2D eigenvalue weighted by atomic mass is 16.3. The number of nitrogens with two attached hydrogens (primary N) is 1. The van der Waals surface area contributed by atoms with E-state index < -0.39 is 0 Å². The lowest BCUT2D eigenvalue weighted by Crippen LogP contribution is -2.56. The standard InChI is InChI=1S/C10H20N2O/c11-5-8-1-3-9(4-2-8)12-6-10(13)7-12/h8-10,13H,1-7,11H2. The van der Waals surface area contributed by atoms with Gasteiger partial charge in [0, 0.05) is 19.1 Å². The molecule has 0 spiro atoms. The largest absolute Gasteiger partial charge is 0.390 e. The van der Waals surface area contributed by atoms with Crippen molar-refractivity contribution in [3.63, 3.8) is 0 Å². The van der Waals surface area contributed by atoms with E-state index in [1.165, 1.54) is 25.7 Å². The minimum atomic E-state index is -0.0489. The van der Waals surface area contributed by atoms with Crippen molar-refractivity contribution in [2.45, 2.75) is 37.8 Å². The van der Waals surface area contributed by atoms with E-state index in [1.807, 2.05) is 0 Å². The summed E-state index contributed by atoms with van der Waals surface area (Å²) < 4.78 is 0. The predicted octanol–water partition coefficient (Wildman–Crippen LogP) is 0.180.